The van der Waals surface area contributed by atoms with Gasteiger partial charge in [-0.05, 0) is 36.3 Å². The van der Waals surface area contributed by atoms with Gasteiger partial charge in [-0.1, -0.05) is 57.9 Å². The molecular weight excluding hydrogens is 286 g/mol. The van der Waals surface area contributed by atoms with Gasteiger partial charge in [0.15, 0.2) is 0 Å². The lowest BCUT2D eigenvalue weighted by molar-refractivity contribution is 1.45. The summed E-state index contributed by atoms with van der Waals surface area (Å²) in [6.45, 7) is 2.04. The Morgan fingerprint density at radius 2 is 1.67 bits per heavy atom. The molecule has 1 nitrogen and oxygen atoms in total. The first-order valence-electron chi connectivity index (χ1n) is 5.63. The Kier molecular flexibility index (Phi) is 3.96. The molecule has 0 aliphatic heterocycles. The van der Waals surface area contributed by atoms with Crippen molar-refractivity contribution in [3.63, 3.8) is 0 Å². The van der Waals surface area contributed by atoms with E-state index in [1.165, 1.54) is 5.56 Å². The predicted molar refractivity (Wildman–Crippen MR) is 78.8 cm³/mol. The standard InChI is InChI=1S/C16H12BrN/c1-12-2-6-14(7-3-12)15(11-18)10-13-4-8-16(17)9-5-13/h2-10H,1H3/b15-10-. The third-order valence-corrected chi connectivity index (χ3v) is 3.19. The molecule has 0 unspecified atom stereocenters. The van der Waals surface area contributed by atoms with E-state index in [-0.39, 0.29) is 0 Å². The minimum absolute atomic E-state index is 0.678. The number of allylic oxidation sites excluding steroid dienone is 1. The number of aryl methyl sites for hydroxylation is 1. The van der Waals surface area contributed by atoms with Crippen LogP contribution in [0.1, 0.15) is 16.7 Å². The van der Waals surface area contributed by atoms with Gasteiger partial charge in [0.25, 0.3) is 0 Å². The molecule has 0 aliphatic rings. The molecule has 0 saturated carbocycles. The number of nitriles is 1. The van der Waals surface area contributed by atoms with Crippen LogP contribution < -0.4 is 0 Å². The summed E-state index contributed by atoms with van der Waals surface area (Å²) >= 11 is 3.40. The van der Waals surface area contributed by atoms with E-state index in [0.29, 0.717) is 5.57 Å². The molecule has 0 saturated heterocycles. The molecule has 0 fully saturated rings. The molecule has 2 rings (SSSR count). The zero-order chi connectivity index (χ0) is 13.0. The lowest BCUT2D eigenvalue weighted by atomic mass is 10.0. The normalized spacial score (nSPS) is 11.1. The van der Waals surface area contributed by atoms with Crippen molar-refractivity contribution in [3.05, 3.63) is 69.7 Å². The van der Waals surface area contributed by atoms with Crippen LogP contribution in [0, 0.1) is 18.3 Å². The van der Waals surface area contributed by atoms with E-state index in [4.69, 9.17) is 0 Å². The SMILES string of the molecule is Cc1ccc(/C(C#N)=C\c2ccc(Br)cc2)cc1. The summed E-state index contributed by atoms with van der Waals surface area (Å²) in [6.07, 6.45) is 1.90. The third-order valence-electron chi connectivity index (χ3n) is 2.66. The predicted octanol–water partition coefficient (Wildman–Crippen LogP) is 4.82. The molecule has 0 radical (unpaired) electrons. The minimum Gasteiger partial charge on any atom is -0.192 e. The molecule has 2 heteroatoms. The highest BCUT2D eigenvalue weighted by Gasteiger charge is 2.00. The van der Waals surface area contributed by atoms with E-state index in [1.807, 2.05) is 61.5 Å². The first kappa shape index (κ1) is 12.6. The lowest BCUT2D eigenvalue weighted by Gasteiger charge is -2.01. The number of rotatable bonds is 2. The van der Waals surface area contributed by atoms with Crippen LogP contribution in [0.4, 0.5) is 0 Å². The van der Waals surface area contributed by atoms with Crippen molar-refractivity contribution in [3.8, 4) is 6.07 Å². The molecule has 0 amide bonds. The maximum Gasteiger partial charge on any atom is 0.0998 e. The van der Waals surface area contributed by atoms with Crippen LogP contribution in [0.25, 0.3) is 11.6 Å². The monoisotopic (exact) mass is 297 g/mol. The number of benzene rings is 2. The highest BCUT2D eigenvalue weighted by atomic mass is 79.9. The van der Waals surface area contributed by atoms with Crippen molar-refractivity contribution in [2.24, 2.45) is 0 Å². The molecule has 2 aromatic rings. The Hall–Kier alpha value is -1.85. The van der Waals surface area contributed by atoms with Gasteiger partial charge in [0.05, 0.1) is 11.6 Å². The van der Waals surface area contributed by atoms with Gasteiger partial charge in [-0.15, -0.1) is 0 Å². The maximum absolute atomic E-state index is 9.24. The van der Waals surface area contributed by atoms with Gasteiger partial charge in [0, 0.05) is 4.47 Å². The largest absolute Gasteiger partial charge is 0.192 e. The molecule has 0 aromatic heterocycles. The van der Waals surface area contributed by atoms with Crippen LogP contribution in [0.5, 0.6) is 0 Å². The smallest absolute Gasteiger partial charge is 0.0998 e. The van der Waals surface area contributed by atoms with Crippen molar-refractivity contribution < 1.29 is 0 Å². The van der Waals surface area contributed by atoms with E-state index in [1.54, 1.807) is 0 Å². The minimum atomic E-state index is 0.678. The lowest BCUT2D eigenvalue weighted by Crippen LogP contribution is -1.82. The fourth-order valence-corrected chi connectivity index (χ4v) is 1.90. The summed E-state index contributed by atoms with van der Waals surface area (Å²) in [5.41, 5.74) is 3.85. The highest BCUT2D eigenvalue weighted by molar-refractivity contribution is 9.10. The molecule has 0 aliphatic carbocycles. The Labute approximate surface area is 116 Å². The topological polar surface area (TPSA) is 23.8 Å². The Morgan fingerprint density at radius 1 is 1.06 bits per heavy atom. The molecule has 2 aromatic carbocycles. The summed E-state index contributed by atoms with van der Waals surface area (Å²) in [5, 5.41) is 9.24. The van der Waals surface area contributed by atoms with Crippen molar-refractivity contribution in [2.45, 2.75) is 6.92 Å². The van der Waals surface area contributed by atoms with Gasteiger partial charge in [0.2, 0.25) is 0 Å². The van der Waals surface area contributed by atoms with Crippen molar-refractivity contribution in [1.29, 1.82) is 5.26 Å². The Bertz CT molecular complexity index is 601. The van der Waals surface area contributed by atoms with Crippen LogP contribution in [-0.4, -0.2) is 0 Å². The van der Waals surface area contributed by atoms with E-state index < -0.39 is 0 Å². The second-order valence-corrected chi connectivity index (χ2v) is 5.00. The van der Waals surface area contributed by atoms with Gasteiger partial charge in [-0.2, -0.15) is 5.26 Å². The molecule has 0 atom stereocenters. The number of hydrogen-bond acceptors (Lipinski definition) is 1. The van der Waals surface area contributed by atoms with Gasteiger partial charge in [0.1, 0.15) is 0 Å². The van der Waals surface area contributed by atoms with Crippen molar-refractivity contribution >= 4 is 27.6 Å². The van der Waals surface area contributed by atoms with E-state index in [0.717, 1.165) is 15.6 Å². The molecule has 0 bridgehead atoms. The van der Waals surface area contributed by atoms with Crippen molar-refractivity contribution in [2.75, 3.05) is 0 Å². The molecule has 0 spiro atoms. The summed E-state index contributed by atoms with van der Waals surface area (Å²) in [7, 11) is 0. The third kappa shape index (κ3) is 3.09. The fourth-order valence-electron chi connectivity index (χ4n) is 1.64. The number of hydrogen-bond donors (Lipinski definition) is 0. The van der Waals surface area contributed by atoms with Crippen LogP contribution in [0.15, 0.2) is 53.0 Å². The first-order chi connectivity index (χ1) is 8.69. The molecule has 18 heavy (non-hydrogen) atoms. The summed E-state index contributed by atoms with van der Waals surface area (Å²) < 4.78 is 1.04. The van der Waals surface area contributed by atoms with Crippen molar-refractivity contribution in [1.82, 2.24) is 0 Å². The highest BCUT2D eigenvalue weighted by Crippen LogP contribution is 2.19. The Balaban J connectivity index is 2.37. The van der Waals surface area contributed by atoms with Gasteiger partial charge in [-0.25, -0.2) is 0 Å². The molecule has 0 heterocycles. The fraction of sp³-hybridized carbons (Fsp3) is 0.0625. The van der Waals surface area contributed by atoms with Crippen LogP contribution >= 0.6 is 15.9 Å². The molecule has 0 N–H and O–H groups in total. The number of nitrogens with zero attached hydrogens (tertiary/aromatic N) is 1. The van der Waals surface area contributed by atoms with E-state index in [9.17, 15) is 5.26 Å². The van der Waals surface area contributed by atoms with Gasteiger partial charge >= 0.3 is 0 Å². The van der Waals surface area contributed by atoms with Gasteiger partial charge in [-0.3, -0.25) is 0 Å². The summed E-state index contributed by atoms with van der Waals surface area (Å²) in [4.78, 5) is 0. The quantitative estimate of drug-likeness (QED) is 0.576. The average Bonchev–Trinajstić information content (AvgIpc) is 2.39. The second-order valence-electron chi connectivity index (χ2n) is 4.09. The van der Waals surface area contributed by atoms with Crippen LogP contribution in [0.2, 0.25) is 0 Å². The zero-order valence-corrected chi connectivity index (χ0v) is 11.6. The second kappa shape index (κ2) is 5.66. The van der Waals surface area contributed by atoms with E-state index >= 15 is 0 Å². The average molecular weight is 298 g/mol. The van der Waals surface area contributed by atoms with E-state index in [2.05, 4.69) is 22.0 Å². The summed E-state index contributed by atoms with van der Waals surface area (Å²) in [6, 6.07) is 18.1. The van der Waals surface area contributed by atoms with Gasteiger partial charge < -0.3 is 0 Å². The zero-order valence-electron chi connectivity index (χ0n) is 10.0. The molecule has 88 valence electrons. The van der Waals surface area contributed by atoms with Crippen LogP contribution in [0.3, 0.4) is 0 Å². The number of halogens is 1. The maximum atomic E-state index is 9.24. The summed E-state index contributed by atoms with van der Waals surface area (Å²) in [5.74, 6) is 0. The van der Waals surface area contributed by atoms with Crippen LogP contribution in [-0.2, 0) is 0 Å². The Morgan fingerprint density at radius 3 is 2.22 bits per heavy atom. The first-order valence-corrected chi connectivity index (χ1v) is 6.43. The molecular formula is C16H12BrN.